The van der Waals surface area contributed by atoms with Gasteiger partial charge in [0.15, 0.2) is 9.84 Å². The van der Waals surface area contributed by atoms with E-state index in [1.807, 2.05) is 0 Å². The highest BCUT2D eigenvalue weighted by molar-refractivity contribution is 7.92. The molecule has 0 N–H and O–H groups in total. The number of nitro benzene ring substituents is 1. The van der Waals surface area contributed by atoms with Crippen molar-refractivity contribution in [2.24, 2.45) is 0 Å². The van der Waals surface area contributed by atoms with Gasteiger partial charge in [-0.15, -0.1) is 0 Å². The summed E-state index contributed by atoms with van der Waals surface area (Å²) in [5.41, 5.74) is -0.168. The Morgan fingerprint density at radius 1 is 1.25 bits per heavy atom. The molecular formula is C16H20ClNO5S. The van der Waals surface area contributed by atoms with Crippen molar-refractivity contribution in [2.45, 2.75) is 62.0 Å². The van der Waals surface area contributed by atoms with Gasteiger partial charge in [0.25, 0.3) is 10.9 Å². The van der Waals surface area contributed by atoms with Gasteiger partial charge in [-0.2, -0.15) is 0 Å². The van der Waals surface area contributed by atoms with E-state index in [9.17, 15) is 23.3 Å². The molecule has 1 aliphatic rings. The summed E-state index contributed by atoms with van der Waals surface area (Å²) in [7, 11) is -3.83. The average molecular weight is 374 g/mol. The molecule has 0 heterocycles. The number of benzene rings is 1. The molecule has 1 aromatic rings. The summed E-state index contributed by atoms with van der Waals surface area (Å²) in [5, 5.41) is 9.94. The first kappa shape index (κ1) is 18.9. The van der Waals surface area contributed by atoms with Gasteiger partial charge in [0.1, 0.15) is 4.90 Å². The van der Waals surface area contributed by atoms with Gasteiger partial charge in [0, 0.05) is 11.6 Å². The number of nitro groups is 1. The van der Waals surface area contributed by atoms with Crippen LogP contribution in [-0.2, 0) is 16.3 Å². The fourth-order valence-corrected chi connectivity index (χ4v) is 5.41. The molecule has 1 fully saturated rings. The molecular weight excluding hydrogens is 354 g/mol. The summed E-state index contributed by atoms with van der Waals surface area (Å²) >= 11 is 5.49. The molecule has 0 saturated heterocycles. The molecule has 0 bridgehead atoms. The lowest BCUT2D eigenvalue weighted by Crippen LogP contribution is -2.22. The first-order valence-corrected chi connectivity index (χ1v) is 9.96. The normalized spacial score (nSPS) is 16.6. The Morgan fingerprint density at radius 3 is 2.29 bits per heavy atom. The van der Waals surface area contributed by atoms with E-state index in [0.29, 0.717) is 24.8 Å². The zero-order valence-electron chi connectivity index (χ0n) is 13.5. The van der Waals surface area contributed by atoms with Gasteiger partial charge in [-0.05, 0) is 42.5 Å². The Morgan fingerprint density at radius 2 is 1.83 bits per heavy atom. The van der Waals surface area contributed by atoms with E-state index in [1.165, 1.54) is 6.07 Å². The van der Waals surface area contributed by atoms with Crippen molar-refractivity contribution in [2.75, 3.05) is 0 Å². The Bertz CT molecular complexity index is 752. The molecule has 0 atom stereocenters. The second kappa shape index (κ2) is 7.61. The number of hydrogen-bond donors (Lipinski definition) is 0. The molecule has 132 valence electrons. The van der Waals surface area contributed by atoms with Gasteiger partial charge in [-0.1, -0.05) is 32.6 Å². The SMILES string of the molecule is CCc1cc(S(=O)(=O)C2CCCCCC2)c([N+](=O)[O-])cc1C(=O)Cl. The molecule has 8 heteroatoms. The molecule has 1 saturated carbocycles. The third-order valence-corrected chi connectivity index (χ3v) is 7.01. The lowest BCUT2D eigenvalue weighted by Gasteiger charge is -2.16. The van der Waals surface area contributed by atoms with Crippen molar-refractivity contribution in [3.63, 3.8) is 0 Å². The van der Waals surface area contributed by atoms with Crippen LogP contribution >= 0.6 is 11.6 Å². The quantitative estimate of drug-likeness (QED) is 0.336. The molecule has 0 spiro atoms. The van der Waals surface area contributed by atoms with Crippen molar-refractivity contribution in [1.82, 2.24) is 0 Å². The van der Waals surface area contributed by atoms with Crippen molar-refractivity contribution >= 4 is 32.4 Å². The summed E-state index contributed by atoms with van der Waals surface area (Å²) in [6.07, 6.45) is 4.95. The van der Waals surface area contributed by atoms with Crippen molar-refractivity contribution in [1.29, 1.82) is 0 Å². The fraction of sp³-hybridized carbons (Fsp3) is 0.562. The van der Waals surface area contributed by atoms with Crippen molar-refractivity contribution < 1.29 is 18.1 Å². The van der Waals surface area contributed by atoms with Gasteiger partial charge in [0.2, 0.25) is 0 Å². The third-order valence-electron chi connectivity index (χ3n) is 4.52. The highest BCUT2D eigenvalue weighted by Crippen LogP contribution is 2.35. The molecule has 0 radical (unpaired) electrons. The maximum Gasteiger partial charge on any atom is 0.288 e. The zero-order chi connectivity index (χ0) is 17.9. The van der Waals surface area contributed by atoms with E-state index in [2.05, 4.69) is 0 Å². The van der Waals surface area contributed by atoms with E-state index in [0.717, 1.165) is 31.7 Å². The number of nitrogens with zero attached hydrogens (tertiary/aromatic N) is 1. The van der Waals surface area contributed by atoms with E-state index in [1.54, 1.807) is 6.92 Å². The standard InChI is InChI=1S/C16H20ClNO5S/c1-2-11-9-15(14(18(20)21)10-13(11)16(17)19)24(22,23)12-7-5-3-4-6-8-12/h9-10,12H,2-8H2,1H3. The van der Waals surface area contributed by atoms with Crippen LogP contribution in [0.2, 0.25) is 0 Å². The van der Waals surface area contributed by atoms with Crippen LogP contribution < -0.4 is 0 Å². The lowest BCUT2D eigenvalue weighted by molar-refractivity contribution is -0.387. The second-order valence-corrected chi connectivity index (χ2v) is 8.56. The summed E-state index contributed by atoms with van der Waals surface area (Å²) < 4.78 is 26.0. The Balaban J connectivity index is 2.62. The van der Waals surface area contributed by atoms with Gasteiger partial charge >= 0.3 is 0 Å². The van der Waals surface area contributed by atoms with Crippen LogP contribution in [0.4, 0.5) is 5.69 Å². The number of aryl methyl sites for hydroxylation is 1. The van der Waals surface area contributed by atoms with Gasteiger partial charge in [-0.25, -0.2) is 8.42 Å². The average Bonchev–Trinajstić information content (AvgIpc) is 2.83. The van der Waals surface area contributed by atoms with Crippen LogP contribution in [0.5, 0.6) is 0 Å². The Kier molecular flexibility index (Phi) is 5.98. The van der Waals surface area contributed by atoms with Crippen molar-refractivity contribution in [3.8, 4) is 0 Å². The molecule has 6 nitrogen and oxygen atoms in total. The summed E-state index contributed by atoms with van der Waals surface area (Å²) in [4.78, 5) is 21.8. The molecule has 0 amide bonds. The number of hydrogen-bond acceptors (Lipinski definition) is 5. The summed E-state index contributed by atoms with van der Waals surface area (Å²) in [6, 6.07) is 2.26. The maximum absolute atomic E-state index is 13.0. The Labute approximate surface area is 146 Å². The summed E-state index contributed by atoms with van der Waals surface area (Å²) in [6.45, 7) is 1.74. The predicted octanol–water partition coefficient (Wildman–Crippen LogP) is 4.03. The minimum Gasteiger partial charge on any atom is -0.276 e. The highest BCUT2D eigenvalue weighted by atomic mass is 35.5. The molecule has 24 heavy (non-hydrogen) atoms. The molecule has 0 aliphatic heterocycles. The van der Waals surface area contributed by atoms with E-state index in [4.69, 9.17) is 11.6 Å². The van der Waals surface area contributed by atoms with E-state index >= 15 is 0 Å². The first-order valence-electron chi connectivity index (χ1n) is 8.04. The summed E-state index contributed by atoms with van der Waals surface area (Å²) in [5.74, 6) is 0. The monoisotopic (exact) mass is 373 g/mol. The number of halogens is 1. The maximum atomic E-state index is 13.0. The molecule has 1 aromatic carbocycles. The van der Waals surface area contributed by atoms with Crippen LogP contribution in [-0.4, -0.2) is 23.8 Å². The number of carbonyl (C=O) groups is 1. The molecule has 0 unspecified atom stereocenters. The largest absolute Gasteiger partial charge is 0.288 e. The number of sulfone groups is 1. The van der Waals surface area contributed by atoms with Crippen LogP contribution in [0, 0.1) is 10.1 Å². The van der Waals surface area contributed by atoms with Crippen molar-refractivity contribution in [3.05, 3.63) is 33.4 Å². The van der Waals surface area contributed by atoms with Crippen LogP contribution in [0.25, 0.3) is 0 Å². The Hall–Kier alpha value is -1.47. The fourth-order valence-electron chi connectivity index (χ4n) is 3.19. The van der Waals surface area contributed by atoms with Crippen LogP contribution in [0.3, 0.4) is 0 Å². The number of carbonyl (C=O) groups excluding carboxylic acids is 1. The number of rotatable bonds is 5. The second-order valence-electron chi connectivity index (χ2n) is 6.02. The van der Waals surface area contributed by atoms with E-state index in [-0.39, 0.29) is 10.5 Å². The first-order chi connectivity index (χ1) is 11.3. The topological polar surface area (TPSA) is 94.3 Å². The van der Waals surface area contributed by atoms with Crippen LogP contribution in [0.1, 0.15) is 61.4 Å². The smallest absolute Gasteiger partial charge is 0.276 e. The lowest BCUT2D eigenvalue weighted by atomic mass is 10.1. The van der Waals surface area contributed by atoms with Gasteiger partial charge < -0.3 is 0 Å². The molecule has 0 aromatic heterocycles. The van der Waals surface area contributed by atoms with E-state index < -0.39 is 30.9 Å². The minimum absolute atomic E-state index is 0.00863. The molecule has 2 rings (SSSR count). The molecule has 1 aliphatic carbocycles. The highest BCUT2D eigenvalue weighted by Gasteiger charge is 2.35. The predicted molar refractivity (Wildman–Crippen MR) is 91.3 cm³/mol. The van der Waals surface area contributed by atoms with Gasteiger partial charge in [0.05, 0.1) is 10.2 Å². The minimum atomic E-state index is -3.83. The zero-order valence-corrected chi connectivity index (χ0v) is 15.0. The third kappa shape index (κ3) is 3.78. The van der Waals surface area contributed by atoms with Gasteiger partial charge in [-0.3, -0.25) is 14.9 Å². The van der Waals surface area contributed by atoms with Crippen LogP contribution in [0.15, 0.2) is 17.0 Å².